The lowest BCUT2D eigenvalue weighted by molar-refractivity contribution is -0.134. The van der Waals surface area contributed by atoms with Crippen LogP contribution in [0.15, 0.2) is 73.1 Å². The Balaban J connectivity index is 0.000000708. The fourth-order valence-electron chi connectivity index (χ4n) is 7.89. The minimum Gasteiger partial charge on any atom is -0.372 e. The quantitative estimate of drug-likeness (QED) is 0.0622. The highest BCUT2D eigenvalue weighted by molar-refractivity contribution is 7.98. The standard InChI is InChI=1S/C37H44N8O3S.C5H11N/c46-26-28-7-9-35-39-34(25-45(35)24-28)30-4-1-5-31(21-30)41-49-38-13-16-42-17-19-43(20-18-42)23-27-11-14-44(15-12-27)32-6-2-3-29(22-32)33-8-10-36(47)40-37(33)48;1-6-5-3-2-4-5/h1-7,9,21-22,24-27,33,38,41H,8,10-20,23H2,(H,40,47,48);5-6H,2-4H2,1H3. The van der Waals surface area contributed by atoms with Gasteiger partial charge in [0.1, 0.15) is 5.65 Å². The van der Waals surface area contributed by atoms with Gasteiger partial charge in [0.15, 0.2) is 6.29 Å². The van der Waals surface area contributed by atoms with E-state index in [1.165, 1.54) is 56.5 Å². The Hall–Kier alpha value is -4.27. The van der Waals surface area contributed by atoms with E-state index >= 15 is 0 Å². The van der Waals surface area contributed by atoms with Crippen LogP contribution in [0.4, 0.5) is 11.4 Å². The zero-order chi connectivity index (χ0) is 38.0. The molecule has 3 saturated heterocycles. The van der Waals surface area contributed by atoms with Crippen molar-refractivity contribution in [3.8, 4) is 11.3 Å². The number of nitrogens with zero attached hydrogens (tertiary/aromatic N) is 5. The molecule has 1 unspecified atom stereocenters. The molecule has 5 heterocycles. The van der Waals surface area contributed by atoms with Gasteiger partial charge in [-0.1, -0.05) is 30.7 Å². The van der Waals surface area contributed by atoms with Crippen LogP contribution in [0.1, 0.15) is 66.8 Å². The maximum absolute atomic E-state index is 12.4. The van der Waals surface area contributed by atoms with Crippen molar-refractivity contribution in [3.05, 3.63) is 84.2 Å². The van der Waals surface area contributed by atoms with Crippen LogP contribution in [-0.4, -0.2) is 109 Å². The number of imide groups is 1. The summed E-state index contributed by atoms with van der Waals surface area (Å²) >= 11 is 1.50. The molecule has 4 N–H and O–H groups in total. The number of piperazine rings is 1. The average Bonchev–Trinajstić information content (AvgIpc) is 3.63. The number of rotatable bonds is 13. The smallest absolute Gasteiger partial charge is 0.234 e. The molecule has 4 aromatic rings. The van der Waals surface area contributed by atoms with E-state index < -0.39 is 0 Å². The van der Waals surface area contributed by atoms with Gasteiger partial charge in [0.05, 0.1) is 11.6 Å². The van der Waals surface area contributed by atoms with E-state index in [0.29, 0.717) is 24.3 Å². The molecule has 1 atom stereocenters. The molecule has 1 saturated carbocycles. The number of anilines is 2. The first-order valence-electron chi connectivity index (χ1n) is 19.9. The minimum atomic E-state index is -0.236. The summed E-state index contributed by atoms with van der Waals surface area (Å²) in [6, 6.07) is 21.0. The van der Waals surface area contributed by atoms with Crippen LogP contribution in [0.2, 0.25) is 0 Å². The number of nitrogens with one attached hydrogen (secondary N) is 4. The molecular weight excluding hydrogens is 711 g/mol. The Morgan fingerprint density at radius 3 is 2.42 bits per heavy atom. The van der Waals surface area contributed by atoms with Crippen molar-refractivity contribution in [2.24, 2.45) is 5.92 Å². The number of aromatic nitrogens is 2. The van der Waals surface area contributed by atoms with E-state index in [1.54, 1.807) is 12.3 Å². The number of amides is 2. The first-order valence-corrected chi connectivity index (χ1v) is 20.8. The summed E-state index contributed by atoms with van der Waals surface area (Å²) in [7, 11) is 2.03. The Kier molecular flexibility index (Phi) is 13.5. The molecule has 12 nitrogen and oxygen atoms in total. The molecule has 2 aromatic heterocycles. The summed E-state index contributed by atoms with van der Waals surface area (Å²) < 4.78 is 8.74. The number of carbonyl (C=O) groups is 3. The third kappa shape index (κ3) is 10.5. The minimum absolute atomic E-state index is 0.168. The molecule has 1 aliphatic carbocycles. The fraction of sp³-hybridized carbons (Fsp3) is 0.476. The third-order valence-electron chi connectivity index (χ3n) is 11.5. The zero-order valence-electron chi connectivity index (χ0n) is 31.9. The van der Waals surface area contributed by atoms with Crippen molar-refractivity contribution in [1.82, 2.24) is 34.5 Å². The van der Waals surface area contributed by atoms with E-state index in [2.05, 4.69) is 53.0 Å². The highest BCUT2D eigenvalue weighted by Crippen LogP contribution is 2.30. The molecule has 0 radical (unpaired) electrons. The van der Waals surface area contributed by atoms with Gasteiger partial charge in [-0.15, -0.1) is 0 Å². The highest BCUT2D eigenvalue weighted by Gasteiger charge is 2.29. The molecule has 3 aliphatic heterocycles. The van der Waals surface area contributed by atoms with Crippen molar-refractivity contribution < 1.29 is 14.4 Å². The summed E-state index contributed by atoms with van der Waals surface area (Å²) in [5.74, 6) is 0.140. The van der Waals surface area contributed by atoms with Crippen LogP contribution in [0.5, 0.6) is 0 Å². The monoisotopic (exact) mass is 765 g/mol. The number of hydrogen-bond donors (Lipinski definition) is 4. The van der Waals surface area contributed by atoms with Gasteiger partial charge in [-0.05, 0) is 87.0 Å². The van der Waals surface area contributed by atoms with Crippen LogP contribution >= 0.6 is 12.1 Å². The maximum Gasteiger partial charge on any atom is 0.234 e. The molecule has 2 aromatic carbocycles. The largest absolute Gasteiger partial charge is 0.372 e. The Morgan fingerprint density at radius 2 is 1.69 bits per heavy atom. The second-order valence-corrected chi connectivity index (χ2v) is 15.9. The normalized spacial score (nSPS) is 20.1. The SMILES string of the molecule is CNC1CCC1.O=Cc1ccc2nc(-c3cccc(NSNCCN4CCN(CC5CCN(c6cccc(C7CCC(=O)NC7=O)c6)CC5)CC4)c3)cn2c1. The van der Waals surface area contributed by atoms with Crippen molar-refractivity contribution >= 4 is 47.3 Å². The first kappa shape index (κ1) is 39.0. The topological polar surface area (TPSA) is 126 Å². The van der Waals surface area contributed by atoms with Crippen molar-refractivity contribution in [2.75, 3.05) is 75.6 Å². The van der Waals surface area contributed by atoms with Gasteiger partial charge >= 0.3 is 0 Å². The number of hydrogen-bond acceptors (Lipinski definition) is 11. The maximum atomic E-state index is 12.4. The molecule has 4 fully saturated rings. The molecule has 13 heteroatoms. The van der Waals surface area contributed by atoms with Crippen LogP contribution in [-0.2, 0) is 9.59 Å². The summed E-state index contributed by atoms with van der Waals surface area (Å²) in [6.07, 6.45) is 12.2. The number of aldehydes is 1. The van der Waals surface area contributed by atoms with Gasteiger partial charge in [0.2, 0.25) is 11.8 Å². The van der Waals surface area contributed by atoms with Crippen LogP contribution in [0.25, 0.3) is 16.9 Å². The lowest BCUT2D eigenvalue weighted by Crippen LogP contribution is -2.49. The predicted molar refractivity (Wildman–Crippen MR) is 221 cm³/mol. The molecule has 0 bridgehead atoms. The second kappa shape index (κ2) is 19.1. The zero-order valence-corrected chi connectivity index (χ0v) is 32.7. The number of imidazole rings is 1. The summed E-state index contributed by atoms with van der Waals surface area (Å²) in [5, 5.41) is 5.69. The van der Waals surface area contributed by atoms with Crippen molar-refractivity contribution in [1.29, 1.82) is 0 Å². The second-order valence-electron chi connectivity index (χ2n) is 15.2. The molecule has 0 spiro atoms. The van der Waals surface area contributed by atoms with Gasteiger partial charge < -0.3 is 24.2 Å². The Bertz CT molecular complexity index is 1900. The predicted octanol–water partition coefficient (Wildman–Crippen LogP) is 5.19. The van der Waals surface area contributed by atoms with E-state index in [4.69, 9.17) is 4.98 Å². The van der Waals surface area contributed by atoms with Gasteiger partial charge in [-0.3, -0.25) is 24.6 Å². The first-order chi connectivity index (χ1) is 26.9. The van der Waals surface area contributed by atoms with Gasteiger partial charge in [-0.25, -0.2) is 9.71 Å². The molecule has 55 heavy (non-hydrogen) atoms. The number of fused-ring (bicyclic) bond motifs is 1. The summed E-state index contributed by atoms with van der Waals surface area (Å²) in [5.41, 5.74) is 6.51. The third-order valence-corrected chi connectivity index (χ3v) is 12.2. The highest BCUT2D eigenvalue weighted by atomic mass is 32.2. The molecule has 8 rings (SSSR count). The molecule has 292 valence electrons. The molecular formula is C42H55N9O3S. The molecule has 2 amide bonds. The lowest BCUT2D eigenvalue weighted by Gasteiger charge is -2.39. The van der Waals surface area contributed by atoms with Crippen LogP contribution in [0.3, 0.4) is 0 Å². The van der Waals surface area contributed by atoms with Gasteiger partial charge in [-0.2, -0.15) is 0 Å². The summed E-state index contributed by atoms with van der Waals surface area (Å²) in [6.45, 7) is 9.59. The number of piperidine rings is 2. The van der Waals surface area contributed by atoms with E-state index in [1.807, 2.05) is 54.0 Å². The van der Waals surface area contributed by atoms with E-state index in [0.717, 1.165) is 92.8 Å². The van der Waals surface area contributed by atoms with Crippen LogP contribution in [0, 0.1) is 5.92 Å². The van der Waals surface area contributed by atoms with Crippen LogP contribution < -0.4 is 25.0 Å². The average molecular weight is 766 g/mol. The van der Waals surface area contributed by atoms with Gasteiger partial charge in [0, 0.05) is 118 Å². The van der Waals surface area contributed by atoms with E-state index in [-0.39, 0.29) is 17.7 Å². The molecule has 4 aliphatic rings. The van der Waals surface area contributed by atoms with Crippen molar-refractivity contribution in [2.45, 2.75) is 56.9 Å². The number of benzene rings is 2. The number of carbonyl (C=O) groups excluding carboxylic acids is 3. The number of pyridine rings is 1. The fourth-order valence-corrected chi connectivity index (χ4v) is 8.40. The lowest BCUT2D eigenvalue weighted by atomic mass is 9.90. The van der Waals surface area contributed by atoms with E-state index in [9.17, 15) is 14.4 Å². The van der Waals surface area contributed by atoms with Gasteiger partial charge in [0.25, 0.3) is 0 Å². The summed E-state index contributed by atoms with van der Waals surface area (Å²) in [4.78, 5) is 47.4. The van der Waals surface area contributed by atoms with Crippen molar-refractivity contribution in [3.63, 3.8) is 0 Å². The Morgan fingerprint density at radius 1 is 0.891 bits per heavy atom. The Labute approximate surface area is 329 Å².